The van der Waals surface area contributed by atoms with Crippen LogP contribution in [0.2, 0.25) is 5.02 Å². The Balaban J connectivity index is 1.79. The van der Waals surface area contributed by atoms with E-state index in [0.29, 0.717) is 22.1 Å². The molecule has 1 amide bonds. The van der Waals surface area contributed by atoms with E-state index in [4.69, 9.17) is 11.6 Å². The topological polar surface area (TPSA) is 59.8 Å². The first-order valence-corrected chi connectivity index (χ1v) is 9.66. The second-order valence-corrected chi connectivity index (χ2v) is 7.37. The zero-order valence-electron chi connectivity index (χ0n) is 16.4. The van der Waals surface area contributed by atoms with Crippen molar-refractivity contribution in [1.29, 1.82) is 0 Å². The van der Waals surface area contributed by atoms with Gasteiger partial charge in [-0.1, -0.05) is 35.4 Å². The van der Waals surface area contributed by atoms with E-state index < -0.39 is 5.91 Å². The van der Waals surface area contributed by atoms with Crippen LogP contribution in [0.15, 0.2) is 66.7 Å². The number of aromatic nitrogens is 3. The molecule has 0 radical (unpaired) electrons. The number of benzene rings is 3. The van der Waals surface area contributed by atoms with Crippen LogP contribution >= 0.6 is 11.6 Å². The van der Waals surface area contributed by atoms with Gasteiger partial charge >= 0.3 is 0 Å². The maximum atomic E-state index is 13.4. The number of rotatable bonds is 4. The van der Waals surface area contributed by atoms with Gasteiger partial charge in [-0.3, -0.25) is 4.79 Å². The molecule has 5 nitrogen and oxygen atoms in total. The molecule has 7 heteroatoms. The maximum absolute atomic E-state index is 13.4. The summed E-state index contributed by atoms with van der Waals surface area (Å²) in [7, 11) is 0. The van der Waals surface area contributed by atoms with Gasteiger partial charge in [0.25, 0.3) is 5.91 Å². The number of carbonyl (C=O) groups excluding carboxylic acids is 1. The molecule has 1 aromatic heterocycles. The highest BCUT2D eigenvalue weighted by atomic mass is 35.5. The van der Waals surface area contributed by atoms with Crippen molar-refractivity contribution in [1.82, 2.24) is 14.8 Å². The van der Waals surface area contributed by atoms with Crippen molar-refractivity contribution in [3.63, 3.8) is 0 Å². The first-order valence-electron chi connectivity index (χ1n) is 9.28. The molecule has 0 bridgehead atoms. The molecular weight excluding hydrogens is 403 g/mol. The highest BCUT2D eigenvalue weighted by molar-refractivity contribution is 6.30. The fraction of sp³-hybridized carbons (Fsp3) is 0.0870. The summed E-state index contributed by atoms with van der Waals surface area (Å²) in [4.78, 5) is 17.2. The number of nitrogens with zero attached hydrogens (tertiary/aromatic N) is 3. The van der Waals surface area contributed by atoms with E-state index in [9.17, 15) is 9.18 Å². The molecule has 0 aliphatic carbocycles. The van der Waals surface area contributed by atoms with Gasteiger partial charge in [-0.05, 0) is 67.9 Å². The van der Waals surface area contributed by atoms with Gasteiger partial charge in [0.1, 0.15) is 5.82 Å². The van der Waals surface area contributed by atoms with Crippen molar-refractivity contribution in [2.45, 2.75) is 13.8 Å². The van der Waals surface area contributed by atoms with Gasteiger partial charge in [0.05, 0.1) is 5.69 Å². The number of nitrogens with one attached hydrogen (secondary N) is 1. The van der Waals surface area contributed by atoms with Crippen LogP contribution in [0.25, 0.3) is 17.1 Å². The monoisotopic (exact) mass is 420 g/mol. The molecule has 4 rings (SSSR count). The van der Waals surface area contributed by atoms with Crippen molar-refractivity contribution in [3.8, 4) is 17.1 Å². The molecule has 3 aromatic carbocycles. The van der Waals surface area contributed by atoms with Crippen LogP contribution in [0.4, 0.5) is 10.1 Å². The zero-order valence-corrected chi connectivity index (χ0v) is 17.1. The van der Waals surface area contributed by atoms with Gasteiger partial charge in [-0.15, -0.1) is 5.10 Å². The lowest BCUT2D eigenvalue weighted by molar-refractivity contribution is 0.101. The molecule has 0 fully saturated rings. The number of carbonyl (C=O) groups is 1. The Morgan fingerprint density at radius 1 is 1.03 bits per heavy atom. The molecule has 0 atom stereocenters. The Morgan fingerprint density at radius 3 is 2.50 bits per heavy atom. The van der Waals surface area contributed by atoms with E-state index in [0.717, 1.165) is 16.8 Å². The Labute approximate surface area is 178 Å². The lowest BCUT2D eigenvalue weighted by Crippen LogP contribution is -2.14. The third-order valence-electron chi connectivity index (χ3n) is 4.58. The van der Waals surface area contributed by atoms with Crippen LogP contribution in [0.1, 0.15) is 21.7 Å². The summed E-state index contributed by atoms with van der Waals surface area (Å²) < 4.78 is 15.0. The molecule has 1 heterocycles. The van der Waals surface area contributed by atoms with E-state index in [1.54, 1.807) is 41.1 Å². The number of halogens is 2. The second-order valence-electron chi connectivity index (χ2n) is 6.93. The maximum Gasteiger partial charge on any atom is 0.295 e. The molecule has 0 aliphatic heterocycles. The van der Waals surface area contributed by atoms with Crippen LogP contribution in [-0.4, -0.2) is 20.7 Å². The molecule has 1 N–H and O–H groups in total. The number of anilines is 1. The summed E-state index contributed by atoms with van der Waals surface area (Å²) in [6.07, 6.45) is 0. The fourth-order valence-electron chi connectivity index (χ4n) is 3.16. The molecule has 0 spiro atoms. The Hall–Kier alpha value is -3.51. The van der Waals surface area contributed by atoms with Crippen LogP contribution in [-0.2, 0) is 0 Å². The minimum absolute atomic E-state index is 0.00530. The van der Waals surface area contributed by atoms with Crippen LogP contribution < -0.4 is 5.32 Å². The molecule has 4 aromatic rings. The predicted molar refractivity (Wildman–Crippen MR) is 116 cm³/mol. The van der Waals surface area contributed by atoms with Crippen LogP contribution in [0, 0.1) is 19.7 Å². The number of amides is 1. The van der Waals surface area contributed by atoms with Crippen molar-refractivity contribution in [3.05, 3.63) is 94.5 Å². The molecule has 150 valence electrons. The third kappa shape index (κ3) is 4.09. The van der Waals surface area contributed by atoms with E-state index in [-0.39, 0.29) is 11.6 Å². The summed E-state index contributed by atoms with van der Waals surface area (Å²) in [5.74, 6) is -0.383. The Kier molecular flexibility index (Phi) is 5.33. The van der Waals surface area contributed by atoms with Gasteiger partial charge in [0.15, 0.2) is 5.82 Å². The van der Waals surface area contributed by atoms with E-state index >= 15 is 0 Å². The minimum atomic E-state index is -0.468. The second kappa shape index (κ2) is 8.08. The first-order chi connectivity index (χ1) is 14.4. The molecule has 0 aliphatic rings. The van der Waals surface area contributed by atoms with Gasteiger partial charge in [0, 0.05) is 16.3 Å². The molecular formula is C23H18ClFN4O. The fourth-order valence-corrected chi connectivity index (χ4v) is 3.35. The van der Waals surface area contributed by atoms with Crippen LogP contribution in [0.5, 0.6) is 0 Å². The molecule has 30 heavy (non-hydrogen) atoms. The summed E-state index contributed by atoms with van der Waals surface area (Å²) in [5.41, 5.74) is 4.06. The third-order valence-corrected chi connectivity index (χ3v) is 4.81. The summed E-state index contributed by atoms with van der Waals surface area (Å²) in [5, 5.41) is 7.72. The smallest absolute Gasteiger partial charge is 0.295 e. The number of aryl methyl sites for hydroxylation is 2. The molecule has 0 saturated carbocycles. The minimum Gasteiger partial charge on any atom is -0.319 e. The van der Waals surface area contributed by atoms with Gasteiger partial charge in [-0.25, -0.2) is 14.1 Å². The Bertz CT molecular complexity index is 1230. The van der Waals surface area contributed by atoms with E-state index in [1.165, 1.54) is 12.1 Å². The summed E-state index contributed by atoms with van der Waals surface area (Å²) in [6, 6.07) is 18.7. The Morgan fingerprint density at radius 2 is 1.80 bits per heavy atom. The zero-order chi connectivity index (χ0) is 21.3. The average Bonchev–Trinajstić information content (AvgIpc) is 3.14. The van der Waals surface area contributed by atoms with Crippen molar-refractivity contribution in [2.75, 3.05) is 5.32 Å². The lowest BCUT2D eigenvalue weighted by Gasteiger charge is -2.10. The van der Waals surface area contributed by atoms with E-state index in [2.05, 4.69) is 15.4 Å². The van der Waals surface area contributed by atoms with Crippen molar-refractivity contribution >= 4 is 23.2 Å². The standard InChI is InChI=1S/C23H18ClFN4O/c1-14-6-11-20(15(2)12-14)29-22(16-7-9-18(25)10-8-16)27-21(28-29)23(30)26-19-5-3-4-17(24)13-19/h3-13H,1-2H3,(H,26,30). The number of hydrogen-bond acceptors (Lipinski definition) is 3. The van der Waals surface area contributed by atoms with Crippen molar-refractivity contribution < 1.29 is 9.18 Å². The van der Waals surface area contributed by atoms with Gasteiger partial charge in [-0.2, -0.15) is 0 Å². The highest BCUT2D eigenvalue weighted by Gasteiger charge is 2.20. The van der Waals surface area contributed by atoms with E-state index in [1.807, 2.05) is 32.0 Å². The molecule has 0 unspecified atom stereocenters. The number of hydrogen-bond donors (Lipinski definition) is 1. The highest BCUT2D eigenvalue weighted by Crippen LogP contribution is 2.25. The quantitative estimate of drug-likeness (QED) is 0.467. The average molecular weight is 421 g/mol. The van der Waals surface area contributed by atoms with Gasteiger partial charge in [0.2, 0.25) is 5.82 Å². The lowest BCUT2D eigenvalue weighted by atomic mass is 10.1. The predicted octanol–water partition coefficient (Wildman–Crippen LogP) is 5.60. The summed E-state index contributed by atoms with van der Waals surface area (Å²) >= 11 is 5.99. The summed E-state index contributed by atoms with van der Waals surface area (Å²) in [6.45, 7) is 3.97. The normalized spacial score (nSPS) is 10.8. The van der Waals surface area contributed by atoms with Gasteiger partial charge < -0.3 is 5.32 Å². The first kappa shape index (κ1) is 19.8. The largest absolute Gasteiger partial charge is 0.319 e. The van der Waals surface area contributed by atoms with Crippen LogP contribution in [0.3, 0.4) is 0 Å². The molecule has 0 saturated heterocycles. The SMILES string of the molecule is Cc1ccc(-n2nc(C(=O)Nc3cccc(Cl)c3)nc2-c2ccc(F)cc2)c(C)c1. The van der Waals surface area contributed by atoms with Crippen molar-refractivity contribution in [2.24, 2.45) is 0 Å².